The van der Waals surface area contributed by atoms with Gasteiger partial charge in [0.15, 0.2) is 0 Å². The number of nitrogens with one attached hydrogen (secondary N) is 1. The van der Waals surface area contributed by atoms with Gasteiger partial charge in [-0.3, -0.25) is 0 Å². The number of hydrogen-bond acceptors (Lipinski definition) is 3. The van der Waals surface area contributed by atoms with Gasteiger partial charge in [0.1, 0.15) is 18.2 Å². The smallest absolute Gasteiger partial charge is 0.126 e. The van der Waals surface area contributed by atoms with Gasteiger partial charge in [-0.2, -0.15) is 0 Å². The number of ether oxygens (including phenoxy) is 1. The SMILES string of the molecule is CCNCc1cc(COc2ccc(F)c(C)c2)c(C)s1. The summed E-state index contributed by atoms with van der Waals surface area (Å²) in [6.45, 7) is 8.34. The van der Waals surface area contributed by atoms with Crippen molar-refractivity contribution in [3.63, 3.8) is 0 Å². The molecule has 0 unspecified atom stereocenters. The molecule has 0 aliphatic carbocycles. The monoisotopic (exact) mass is 293 g/mol. The Morgan fingerprint density at radius 3 is 2.75 bits per heavy atom. The van der Waals surface area contributed by atoms with Crippen LogP contribution in [0.2, 0.25) is 0 Å². The molecule has 0 saturated carbocycles. The summed E-state index contributed by atoms with van der Waals surface area (Å²) in [5.41, 5.74) is 1.81. The van der Waals surface area contributed by atoms with Gasteiger partial charge in [-0.15, -0.1) is 11.3 Å². The van der Waals surface area contributed by atoms with Gasteiger partial charge in [0.2, 0.25) is 0 Å². The summed E-state index contributed by atoms with van der Waals surface area (Å²) in [5, 5.41) is 3.32. The molecule has 0 amide bonds. The van der Waals surface area contributed by atoms with Crippen LogP contribution in [0, 0.1) is 19.7 Å². The van der Waals surface area contributed by atoms with Crippen molar-refractivity contribution in [1.29, 1.82) is 0 Å². The second-order valence-corrected chi connectivity index (χ2v) is 6.12. The lowest BCUT2D eigenvalue weighted by Crippen LogP contribution is -2.10. The Labute approximate surface area is 123 Å². The van der Waals surface area contributed by atoms with E-state index in [9.17, 15) is 4.39 Å². The minimum absolute atomic E-state index is 0.197. The molecule has 1 N–H and O–H groups in total. The van der Waals surface area contributed by atoms with Crippen LogP contribution in [0.25, 0.3) is 0 Å². The molecule has 108 valence electrons. The number of halogens is 1. The maximum atomic E-state index is 13.2. The average molecular weight is 293 g/mol. The fraction of sp³-hybridized carbons (Fsp3) is 0.375. The number of rotatable bonds is 6. The number of benzene rings is 1. The van der Waals surface area contributed by atoms with Crippen molar-refractivity contribution in [1.82, 2.24) is 5.32 Å². The van der Waals surface area contributed by atoms with E-state index in [1.54, 1.807) is 30.4 Å². The summed E-state index contributed by atoms with van der Waals surface area (Å²) in [4.78, 5) is 2.59. The maximum absolute atomic E-state index is 13.2. The van der Waals surface area contributed by atoms with E-state index in [4.69, 9.17) is 4.74 Å². The Kier molecular flexibility index (Phi) is 5.15. The minimum Gasteiger partial charge on any atom is -0.489 e. The van der Waals surface area contributed by atoms with Crippen molar-refractivity contribution in [2.75, 3.05) is 6.54 Å². The molecule has 0 fully saturated rings. The van der Waals surface area contributed by atoms with Crippen LogP contribution in [-0.4, -0.2) is 6.54 Å². The van der Waals surface area contributed by atoms with E-state index in [1.807, 2.05) is 0 Å². The predicted molar refractivity (Wildman–Crippen MR) is 81.9 cm³/mol. The highest BCUT2D eigenvalue weighted by atomic mass is 32.1. The standard InChI is InChI=1S/C16H20FNOS/c1-4-18-9-15-8-13(12(3)20-15)10-19-14-5-6-16(17)11(2)7-14/h5-8,18H,4,9-10H2,1-3H3. The quantitative estimate of drug-likeness (QED) is 0.862. The molecule has 2 aromatic rings. The lowest BCUT2D eigenvalue weighted by molar-refractivity contribution is 0.305. The molecule has 4 heteroatoms. The number of aryl methyl sites for hydroxylation is 2. The third-order valence-electron chi connectivity index (χ3n) is 3.14. The second kappa shape index (κ2) is 6.86. The van der Waals surface area contributed by atoms with Crippen LogP contribution in [0.1, 0.15) is 27.8 Å². The fourth-order valence-electron chi connectivity index (χ4n) is 1.93. The predicted octanol–water partition coefficient (Wildman–Crippen LogP) is 4.19. The first-order chi connectivity index (χ1) is 9.60. The Morgan fingerprint density at radius 1 is 1.25 bits per heavy atom. The molecule has 0 aliphatic rings. The van der Waals surface area contributed by atoms with Gasteiger partial charge in [-0.05, 0) is 50.2 Å². The van der Waals surface area contributed by atoms with Crippen LogP contribution in [-0.2, 0) is 13.2 Å². The van der Waals surface area contributed by atoms with Gasteiger partial charge in [0, 0.05) is 21.9 Å². The van der Waals surface area contributed by atoms with Crippen LogP contribution < -0.4 is 10.1 Å². The van der Waals surface area contributed by atoms with Gasteiger partial charge >= 0.3 is 0 Å². The number of thiophene rings is 1. The number of hydrogen-bond donors (Lipinski definition) is 1. The third-order valence-corrected chi connectivity index (χ3v) is 4.24. The molecule has 0 bridgehead atoms. The van der Waals surface area contributed by atoms with Gasteiger partial charge in [0.25, 0.3) is 0 Å². The van der Waals surface area contributed by atoms with E-state index in [-0.39, 0.29) is 5.82 Å². The first-order valence-corrected chi connectivity index (χ1v) is 7.59. The third kappa shape index (κ3) is 3.81. The second-order valence-electron chi connectivity index (χ2n) is 4.77. The summed E-state index contributed by atoms with van der Waals surface area (Å²) in [5.74, 6) is 0.514. The maximum Gasteiger partial charge on any atom is 0.126 e. The Hall–Kier alpha value is -1.39. The first kappa shape index (κ1) is 15.0. The molecule has 2 rings (SSSR count). The van der Waals surface area contributed by atoms with E-state index >= 15 is 0 Å². The highest BCUT2D eigenvalue weighted by molar-refractivity contribution is 7.12. The Bertz CT molecular complexity index is 580. The lowest BCUT2D eigenvalue weighted by Gasteiger charge is -2.07. The van der Waals surface area contributed by atoms with Crippen LogP contribution in [0.4, 0.5) is 4.39 Å². The largest absolute Gasteiger partial charge is 0.489 e. The van der Waals surface area contributed by atoms with Gasteiger partial charge in [0.05, 0.1) is 0 Å². The van der Waals surface area contributed by atoms with E-state index in [0.717, 1.165) is 13.1 Å². The van der Waals surface area contributed by atoms with Gasteiger partial charge in [-0.1, -0.05) is 6.92 Å². The molecule has 1 aromatic carbocycles. The lowest BCUT2D eigenvalue weighted by atomic mass is 10.2. The van der Waals surface area contributed by atoms with Crippen LogP contribution >= 0.6 is 11.3 Å². The molecule has 1 aromatic heterocycles. The Morgan fingerprint density at radius 2 is 2.05 bits per heavy atom. The first-order valence-electron chi connectivity index (χ1n) is 6.78. The summed E-state index contributed by atoms with van der Waals surface area (Å²) >= 11 is 1.79. The Balaban J connectivity index is 1.99. The van der Waals surface area contributed by atoms with Crippen molar-refractivity contribution < 1.29 is 9.13 Å². The van der Waals surface area contributed by atoms with E-state index in [2.05, 4.69) is 25.2 Å². The van der Waals surface area contributed by atoms with Crippen molar-refractivity contribution in [2.24, 2.45) is 0 Å². The van der Waals surface area contributed by atoms with Crippen molar-refractivity contribution in [2.45, 2.75) is 33.9 Å². The van der Waals surface area contributed by atoms with Crippen molar-refractivity contribution in [3.8, 4) is 5.75 Å². The van der Waals surface area contributed by atoms with E-state index < -0.39 is 0 Å². The highest BCUT2D eigenvalue weighted by Gasteiger charge is 2.07. The van der Waals surface area contributed by atoms with Gasteiger partial charge < -0.3 is 10.1 Å². The molecule has 0 radical (unpaired) electrons. The molecule has 20 heavy (non-hydrogen) atoms. The van der Waals surface area contributed by atoms with Crippen LogP contribution in [0.5, 0.6) is 5.75 Å². The molecule has 2 nitrogen and oxygen atoms in total. The minimum atomic E-state index is -0.197. The zero-order valence-electron chi connectivity index (χ0n) is 12.1. The fourth-order valence-corrected chi connectivity index (χ4v) is 2.95. The van der Waals surface area contributed by atoms with Crippen LogP contribution in [0.3, 0.4) is 0 Å². The topological polar surface area (TPSA) is 21.3 Å². The molecule has 0 aliphatic heterocycles. The zero-order valence-corrected chi connectivity index (χ0v) is 12.9. The summed E-state index contributed by atoms with van der Waals surface area (Å²) in [6.07, 6.45) is 0. The molecule has 0 saturated heterocycles. The summed E-state index contributed by atoms with van der Waals surface area (Å²) < 4.78 is 18.9. The molecular formula is C16H20FNOS. The molecule has 0 spiro atoms. The highest BCUT2D eigenvalue weighted by Crippen LogP contribution is 2.24. The van der Waals surface area contributed by atoms with E-state index in [1.165, 1.54) is 21.4 Å². The summed E-state index contributed by atoms with van der Waals surface area (Å²) in [6, 6.07) is 7.03. The normalized spacial score (nSPS) is 10.8. The zero-order chi connectivity index (χ0) is 14.5. The summed E-state index contributed by atoms with van der Waals surface area (Å²) in [7, 11) is 0. The van der Waals surface area contributed by atoms with Crippen molar-refractivity contribution >= 4 is 11.3 Å². The molecule has 0 atom stereocenters. The molecular weight excluding hydrogens is 273 g/mol. The average Bonchev–Trinajstić information content (AvgIpc) is 2.78. The van der Waals surface area contributed by atoms with Crippen LogP contribution in [0.15, 0.2) is 24.3 Å². The van der Waals surface area contributed by atoms with Gasteiger partial charge in [-0.25, -0.2) is 4.39 Å². The molecule has 1 heterocycles. The van der Waals surface area contributed by atoms with Crippen molar-refractivity contribution in [3.05, 3.63) is 51.0 Å². The van der Waals surface area contributed by atoms with E-state index in [0.29, 0.717) is 17.9 Å².